The highest BCUT2D eigenvalue weighted by molar-refractivity contribution is 6.61. The summed E-state index contributed by atoms with van der Waals surface area (Å²) in [6.07, 6.45) is 1.54. The van der Waals surface area contributed by atoms with Gasteiger partial charge in [-0.25, -0.2) is 4.39 Å². The van der Waals surface area contributed by atoms with E-state index >= 15 is 0 Å². The highest BCUT2D eigenvalue weighted by atomic mass is 19.1. The monoisotopic (exact) mass is 289 g/mol. The van der Waals surface area contributed by atoms with Crippen LogP contribution in [0.4, 0.5) is 4.39 Å². The number of halogens is 1. The van der Waals surface area contributed by atoms with Crippen molar-refractivity contribution >= 4 is 12.7 Å². The fourth-order valence-electron chi connectivity index (χ4n) is 2.08. The van der Waals surface area contributed by atoms with Gasteiger partial charge in [-0.2, -0.15) is 10.2 Å². The molecule has 0 unspecified atom stereocenters. The number of rotatable bonds is 2. The van der Waals surface area contributed by atoms with Crippen LogP contribution < -0.4 is 5.59 Å². The van der Waals surface area contributed by atoms with Gasteiger partial charge in [0.25, 0.3) is 0 Å². The van der Waals surface area contributed by atoms with E-state index in [1.54, 1.807) is 18.2 Å². The normalized spacial score (nSPS) is 20.0. The standard InChI is InChI=1S/C14H17BFN3O2/c1-13(2)14(3,4)21-15(20-13)12-9-17-19(18-12)11-8-6-5-7-10(11)16/h5-9H,1-4H3. The van der Waals surface area contributed by atoms with Gasteiger partial charge in [-0.05, 0) is 39.8 Å². The Bertz CT molecular complexity index is 656. The summed E-state index contributed by atoms with van der Waals surface area (Å²) in [6, 6.07) is 6.34. The Hall–Kier alpha value is -1.73. The highest BCUT2D eigenvalue weighted by Gasteiger charge is 2.52. The van der Waals surface area contributed by atoms with Crippen molar-refractivity contribution in [1.82, 2.24) is 15.0 Å². The molecule has 1 fully saturated rings. The van der Waals surface area contributed by atoms with E-state index < -0.39 is 18.3 Å². The van der Waals surface area contributed by atoms with Crippen LogP contribution in [-0.4, -0.2) is 33.3 Å². The molecule has 1 saturated heterocycles. The summed E-state index contributed by atoms with van der Waals surface area (Å²) in [5.41, 5.74) is -0.0732. The summed E-state index contributed by atoms with van der Waals surface area (Å²) in [4.78, 5) is 1.25. The molecule has 2 aromatic rings. The van der Waals surface area contributed by atoms with E-state index in [0.29, 0.717) is 11.3 Å². The summed E-state index contributed by atoms with van der Waals surface area (Å²) in [6.45, 7) is 7.87. The first kappa shape index (κ1) is 14.2. The van der Waals surface area contributed by atoms with Gasteiger partial charge < -0.3 is 9.31 Å². The third kappa shape index (κ3) is 2.36. The molecular formula is C14H17BFN3O2. The molecule has 0 bridgehead atoms. The lowest BCUT2D eigenvalue weighted by molar-refractivity contribution is 0.00578. The zero-order valence-corrected chi connectivity index (χ0v) is 12.5. The van der Waals surface area contributed by atoms with Gasteiger partial charge in [-0.1, -0.05) is 12.1 Å². The van der Waals surface area contributed by atoms with Crippen LogP contribution in [-0.2, 0) is 9.31 Å². The lowest BCUT2D eigenvalue weighted by atomic mass is 9.86. The maximum absolute atomic E-state index is 13.7. The minimum absolute atomic E-state index is 0.292. The van der Waals surface area contributed by atoms with E-state index in [0.717, 1.165) is 0 Å². The quantitative estimate of drug-likeness (QED) is 0.790. The lowest BCUT2D eigenvalue weighted by Gasteiger charge is -2.32. The molecule has 0 amide bonds. The Morgan fingerprint density at radius 1 is 1.10 bits per heavy atom. The molecule has 7 heteroatoms. The maximum Gasteiger partial charge on any atom is 0.518 e. The molecule has 5 nitrogen and oxygen atoms in total. The minimum atomic E-state index is -0.601. The fourth-order valence-corrected chi connectivity index (χ4v) is 2.08. The average Bonchev–Trinajstić information content (AvgIpc) is 2.94. The third-order valence-corrected chi connectivity index (χ3v) is 4.07. The Morgan fingerprint density at radius 2 is 1.71 bits per heavy atom. The molecule has 0 radical (unpaired) electrons. The Kier molecular flexibility index (Phi) is 3.14. The summed E-state index contributed by atoms with van der Waals surface area (Å²) in [5.74, 6) is -0.381. The zero-order chi connectivity index (χ0) is 15.3. The van der Waals surface area contributed by atoms with Crippen LogP contribution in [0.3, 0.4) is 0 Å². The van der Waals surface area contributed by atoms with Crippen LogP contribution in [0.15, 0.2) is 30.5 Å². The summed E-state index contributed by atoms with van der Waals surface area (Å²) >= 11 is 0. The second-order valence-electron chi connectivity index (χ2n) is 6.10. The van der Waals surface area contributed by atoms with Crippen LogP contribution in [0, 0.1) is 5.82 Å². The number of hydrogen-bond donors (Lipinski definition) is 0. The van der Waals surface area contributed by atoms with Crippen LogP contribution in [0.25, 0.3) is 5.69 Å². The topological polar surface area (TPSA) is 49.2 Å². The highest BCUT2D eigenvalue weighted by Crippen LogP contribution is 2.36. The van der Waals surface area contributed by atoms with Crippen molar-refractivity contribution in [2.75, 3.05) is 0 Å². The van der Waals surface area contributed by atoms with Crippen molar-refractivity contribution in [2.24, 2.45) is 0 Å². The molecule has 0 N–H and O–H groups in total. The Labute approximate surface area is 123 Å². The smallest absolute Gasteiger partial charge is 0.398 e. The van der Waals surface area contributed by atoms with Crippen molar-refractivity contribution in [3.05, 3.63) is 36.3 Å². The maximum atomic E-state index is 13.7. The van der Waals surface area contributed by atoms with Crippen molar-refractivity contribution in [1.29, 1.82) is 0 Å². The second kappa shape index (κ2) is 4.64. The first-order chi connectivity index (χ1) is 9.80. The van der Waals surface area contributed by atoms with Crippen molar-refractivity contribution in [2.45, 2.75) is 38.9 Å². The van der Waals surface area contributed by atoms with Gasteiger partial charge in [-0.3, -0.25) is 0 Å². The first-order valence-electron chi connectivity index (χ1n) is 6.83. The molecule has 0 atom stereocenters. The van der Waals surface area contributed by atoms with Gasteiger partial charge in [-0.15, -0.1) is 4.80 Å². The average molecular weight is 289 g/mol. The summed E-state index contributed by atoms with van der Waals surface area (Å²) in [5, 5.41) is 8.36. The largest absolute Gasteiger partial charge is 0.518 e. The van der Waals surface area contributed by atoms with Crippen LogP contribution >= 0.6 is 0 Å². The van der Waals surface area contributed by atoms with E-state index in [2.05, 4.69) is 10.2 Å². The van der Waals surface area contributed by atoms with E-state index in [9.17, 15) is 4.39 Å². The van der Waals surface area contributed by atoms with Crippen LogP contribution in [0.2, 0.25) is 0 Å². The van der Waals surface area contributed by atoms with Gasteiger partial charge in [0, 0.05) is 0 Å². The number of aromatic nitrogens is 3. The molecule has 2 heterocycles. The fraction of sp³-hybridized carbons (Fsp3) is 0.429. The SMILES string of the molecule is CC1(C)OB(c2cnn(-c3ccccc3F)n2)OC1(C)C. The van der Waals surface area contributed by atoms with Crippen molar-refractivity contribution in [3.63, 3.8) is 0 Å². The molecular weight excluding hydrogens is 272 g/mol. The van der Waals surface area contributed by atoms with E-state index in [1.807, 2.05) is 27.7 Å². The number of nitrogens with zero attached hydrogens (tertiary/aromatic N) is 3. The zero-order valence-electron chi connectivity index (χ0n) is 12.5. The summed E-state index contributed by atoms with van der Waals surface area (Å²) < 4.78 is 25.5. The molecule has 1 aromatic carbocycles. The predicted molar refractivity (Wildman–Crippen MR) is 77.0 cm³/mol. The number of hydrogen-bond acceptors (Lipinski definition) is 4. The molecule has 110 valence electrons. The van der Waals surface area contributed by atoms with E-state index in [1.165, 1.54) is 17.1 Å². The number of benzene rings is 1. The molecule has 0 aliphatic carbocycles. The van der Waals surface area contributed by atoms with Gasteiger partial charge in [0.1, 0.15) is 11.3 Å². The summed E-state index contributed by atoms with van der Waals surface area (Å²) in [7, 11) is -0.601. The molecule has 21 heavy (non-hydrogen) atoms. The Balaban J connectivity index is 1.89. The van der Waals surface area contributed by atoms with Gasteiger partial charge in [0.2, 0.25) is 0 Å². The van der Waals surface area contributed by atoms with Crippen molar-refractivity contribution < 1.29 is 13.7 Å². The Morgan fingerprint density at radius 3 is 2.33 bits per heavy atom. The van der Waals surface area contributed by atoms with E-state index in [-0.39, 0.29) is 5.82 Å². The van der Waals surface area contributed by atoms with Crippen molar-refractivity contribution in [3.8, 4) is 5.69 Å². The predicted octanol–water partition coefficient (Wildman–Crippen LogP) is 1.71. The second-order valence-corrected chi connectivity index (χ2v) is 6.10. The first-order valence-corrected chi connectivity index (χ1v) is 6.83. The minimum Gasteiger partial charge on any atom is -0.398 e. The molecule has 1 aliphatic heterocycles. The molecule has 0 saturated carbocycles. The van der Waals surface area contributed by atoms with Gasteiger partial charge in [0.05, 0.1) is 17.4 Å². The van der Waals surface area contributed by atoms with Crippen LogP contribution in [0.1, 0.15) is 27.7 Å². The van der Waals surface area contributed by atoms with Gasteiger partial charge in [0.15, 0.2) is 5.82 Å². The van der Waals surface area contributed by atoms with Gasteiger partial charge >= 0.3 is 7.12 Å². The molecule has 1 aromatic heterocycles. The third-order valence-electron chi connectivity index (χ3n) is 4.07. The lowest BCUT2D eigenvalue weighted by Crippen LogP contribution is -2.41. The molecule has 1 aliphatic rings. The van der Waals surface area contributed by atoms with Crippen LogP contribution in [0.5, 0.6) is 0 Å². The molecule has 3 rings (SSSR count). The number of para-hydroxylation sites is 1. The van der Waals surface area contributed by atoms with E-state index in [4.69, 9.17) is 9.31 Å². The molecule has 0 spiro atoms.